The number of β-amino-alcohol motifs (C(OH)–C–C–N with tert-alkyl or cyclic N) is 1. The normalized spacial score (nSPS) is 23.1. The lowest BCUT2D eigenvalue weighted by atomic mass is 10.0. The van der Waals surface area contributed by atoms with E-state index in [-0.39, 0.29) is 24.9 Å². The summed E-state index contributed by atoms with van der Waals surface area (Å²) in [5.74, 6) is -0.676. The summed E-state index contributed by atoms with van der Waals surface area (Å²) in [6.45, 7) is 11.2. The molecule has 1 rings (SSSR count). The highest BCUT2D eigenvalue weighted by molar-refractivity contribution is 5.71. The quantitative estimate of drug-likeness (QED) is 0.789. The molecule has 6 heteroatoms. The van der Waals surface area contributed by atoms with Gasteiger partial charge in [-0.3, -0.25) is 4.79 Å². The maximum absolute atomic E-state index is 11.9. The topological polar surface area (TPSA) is 76.1 Å². The van der Waals surface area contributed by atoms with Gasteiger partial charge in [-0.15, -0.1) is 0 Å². The van der Waals surface area contributed by atoms with E-state index in [1.54, 1.807) is 41.5 Å². The van der Waals surface area contributed by atoms with Crippen molar-refractivity contribution in [1.29, 1.82) is 0 Å². The molecule has 0 radical (unpaired) electrons. The minimum absolute atomic E-state index is 0.0950. The van der Waals surface area contributed by atoms with Gasteiger partial charge in [-0.1, -0.05) is 0 Å². The molecule has 122 valence electrons. The number of rotatable bonds is 2. The number of ether oxygens (including phenoxy) is 2. The summed E-state index contributed by atoms with van der Waals surface area (Å²) >= 11 is 0. The lowest BCUT2D eigenvalue weighted by molar-refractivity contribution is -0.156. The van der Waals surface area contributed by atoms with E-state index < -0.39 is 23.4 Å². The van der Waals surface area contributed by atoms with E-state index in [9.17, 15) is 14.7 Å². The third kappa shape index (κ3) is 6.33. The third-order valence-corrected chi connectivity index (χ3v) is 2.91. The summed E-state index contributed by atoms with van der Waals surface area (Å²) in [5.41, 5.74) is -1.13. The van der Waals surface area contributed by atoms with Crippen LogP contribution in [0.5, 0.6) is 0 Å². The van der Waals surface area contributed by atoms with Crippen LogP contribution in [0.3, 0.4) is 0 Å². The number of esters is 1. The molecule has 1 N–H and O–H groups in total. The number of hydrogen-bond donors (Lipinski definition) is 1. The molecule has 0 aromatic rings. The number of amides is 1. The zero-order chi connectivity index (χ0) is 16.4. The number of aliphatic hydroxyl groups excluding tert-OH is 1. The van der Waals surface area contributed by atoms with Crippen molar-refractivity contribution in [3.8, 4) is 0 Å². The Morgan fingerprint density at radius 3 is 2.05 bits per heavy atom. The molecule has 21 heavy (non-hydrogen) atoms. The number of aliphatic hydroxyl groups is 1. The molecular formula is C15H27NO5. The molecule has 0 saturated carbocycles. The van der Waals surface area contributed by atoms with Crippen molar-refractivity contribution in [1.82, 2.24) is 4.90 Å². The van der Waals surface area contributed by atoms with Gasteiger partial charge in [0, 0.05) is 12.5 Å². The van der Waals surface area contributed by atoms with E-state index in [4.69, 9.17) is 9.47 Å². The molecule has 1 heterocycles. The summed E-state index contributed by atoms with van der Waals surface area (Å²) < 4.78 is 10.5. The van der Waals surface area contributed by atoms with Gasteiger partial charge in [-0.05, 0) is 41.5 Å². The van der Waals surface area contributed by atoms with E-state index in [0.29, 0.717) is 6.54 Å². The largest absolute Gasteiger partial charge is 0.460 e. The number of nitrogens with zero attached hydrogens (tertiary/aromatic N) is 1. The second-order valence-corrected chi connectivity index (χ2v) is 7.50. The minimum Gasteiger partial charge on any atom is -0.460 e. The maximum atomic E-state index is 11.9. The van der Waals surface area contributed by atoms with Crippen molar-refractivity contribution in [2.24, 2.45) is 5.92 Å². The highest BCUT2D eigenvalue weighted by Crippen LogP contribution is 2.24. The molecule has 1 saturated heterocycles. The first kappa shape index (κ1) is 17.8. The average Bonchev–Trinajstić information content (AvgIpc) is 2.54. The first-order valence-electron chi connectivity index (χ1n) is 7.25. The molecule has 1 aliphatic heterocycles. The monoisotopic (exact) mass is 301 g/mol. The highest BCUT2D eigenvalue weighted by Gasteiger charge is 2.37. The lowest BCUT2D eigenvalue weighted by Crippen LogP contribution is -2.36. The van der Waals surface area contributed by atoms with Crippen LogP contribution < -0.4 is 0 Å². The number of hydrogen-bond acceptors (Lipinski definition) is 5. The van der Waals surface area contributed by atoms with Crippen molar-refractivity contribution in [2.75, 3.05) is 13.1 Å². The number of carbonyl (C=O) groups excluding carboxylic acids is 2. The van der Waals surface area contributed by atoms with Crippen LogP contribution in [0.25, 0.3) is 0 Å². The summed E-state index contributed by atoms with van der Waals surface area (Å²) in [6, 6.07) is 0. The fraction of sp³-hybridized carbons (Fsp3) is 0.867. The SMILES string of the molecule is CC(C)(C)OC(=O)C[C@H]1CN(C(=O)OC(C)(C)C)C[C@H]1O. The third-order valence-electron chi connectivity index (χ3n) is 2.91. The van der Waals surface area contributed by atoms with Crippen molar-refractivity contribution >= 4 is 12.1 Å². The van der Waals surface area contributed by atoms with Gasteiger partial charge >= 0.3 is 12.1 Å². The molecule has 0 bridgehead atoms. The van der Waals surface area contributed by atoms with Gasteiger partial charge in [-0.2, -0.15) is 0 Å². The summed E-state index contributed by atoms with van der Waals surface area (Å²) in [7, 11) is 0. The smallest absolute Gasteiger partial charge is 0.410 e. The molecule has 6 nitrogen and oxygen atoms in total. The summed E-state index contributed by atoms with van der Waals surface area (Å²) in [6.07, 6.45) is -1.10. The molecule has 0 spiro atoms. The molecular weight excluding hydrogens is 274 g/mol. The van der Waals surface area contributed by atoms with Gasteiger partial charge in [0.1, 0.15) is 11.2 Å². The Balaban J connectivity index is 2.53. The van der Waals surface area contributed by atoms with Crippen LogP contribution in [0, 0.1) is 5.92 Å². The van der Waals surface area contributed by atoms with E-state index in [2.05, 4.69) is 0 Å². The molecule has 1 amide bonds. The van der Waals surface area contributed by atoms with Crippen LogP contribution in [0.4, 0.5) is 4.79 Å². The predicted molar refractivity (Wildman–Crippen MR) is 77.8 cm³/mol. The van der Waals surface area contributed by atoms with Gasteiger partial charge in [-0.25, -0.2) is 4.79 Å². The average molecular weight is 301 g/mol. The van der Waals surface area contributed by atoms with Gasteiger partial charge in [0.05, 0.1) is 19.1 Å². The van der Waals surface area contributed by atoms with Gasteiger partial charge < -0.3 is 19.5 Å². The van der Waals surface area contributed by atoms with E-state index in [1.165, 1.54) is 4.90 Å². The Morgan fingerprint density at radius 1 is 1.05 bits per heavy atom. The van der Waals surface area contributed by atoms with Crippen LogP contribution in [-0.2, 0) is 14.3 Å². The molecule has 0 aromatic heterocycles. The van der Waals surface area contributed by atoms with E-state index >= 15 is 0 Å². The van der Waals surface area contributed by atoms with E-state index in [1.807, 2.05) is 0 Å². The maximum Gasteiger partial charge on any atom is 0.410 e. The second-order valence-electron chi connectivity index (χ2n) is 7.50. The summed E-state index contributed by atoms with van der Waals surface area (Å²) in [5, 5.41) is 10.00. The standard InChI is InChI=1S/C15H27NO5/c1-14(2,3)20-12(18)7-10-8-16(9-11(10)17)13(19)21-15(4,5)6/h10-11,17H,7-9H2,1-6H3/t10-,11+/m0/s1. The lowest BCUT2D eigenvalue weighted by Gasteiger charge is -2.24. The Labute approximate surface area is 126 Å². The molecule has 0 aromatic carbocycles. The van der Waals surface area contributed by atoms with Gasteiger partial charge in [0.2, 0.25) is 0 Å². The molecule has 0 unspecified atom stereocenters. The Morgan fingerprint density at radius 2 is 1.57 bits per heavy atom. The van der Waals surface area contributed by atoms with Crippen molar-refractivity contribution < 1.29 is 24.2 Å². The zero-order valence-corrected chi connectivity index (χ0v) is 13.8. The Hall–Kier alpha value is -1.30. The highest BCUT2D eigenvalue weighted by atomic mass is 16.6. The minimum atomic E-state index is -0.731. The first-order chi connectivity index (χ1) is 9.37. The fourth-order valence-electron chi connectivity index (χ4n) is 2.13. The van der Waals surface area contributed by atoms with Crippen molar-refractivity contribution in [3.63, 3.8) is 0 Å². The van der Waals surface area contributed by atoms with Crippen LogP contribution in [-0.4, -0.2) is 52.5 Å². The molecule has 1 aliphatic rings. The van der Waals surface area contributed by atoms with Crippen molar-refractivity contribution in [3.05, 3.63) is 0 Å². The second kappa shape index (κ2) is 6.22. The Bertz CT molecular complexity index is 394. The van der Waals surface area contributed by atoms with Crippen LogP contribution in [0.15, 0.2) is 0 Å². The number of likely N-dealkylation sites (tertiary alicyclic amines) is 1. The predicted octanol–water partition coefficient (Wildman–Crippen LogP) is 1.95. The summed E-state index contributed by atoms with van der Waals surface area (Å²) in [4.78, 5) is 25.2. The molecule has 0 aliphatic carbocycles. The molecule has 2 atom stereocenters. The van der Waals surface area contributed by atoms with Gasteiger partial charge in [0.15, 0.2) is 0 Å². The fourth-order valence-corrected chi connectivity index (χ4v) is 2.13. The van der Waals surface area contributed by atoms with Crippen LogP contribution >= 0.6 is 0 Å². The van der Waals surface area contributed by atoms with E-state index in [0.717, 1.165) is 0 Å². The van der Waals surface area contributed by atoms with Crippen LogP contribution in [0.1, 0.15) is 48.0 Å². The van der Waals surface area contributed by atoms with Gasteiger partial charge in [0.25, 0.3) is 0 Å². The zero-order valence-electron chi connectivity index (χ0n) is 13.8. The van der Waals surface area contributed by atoms with Crippen LogP contribution in [0.2, 0.25) is 0 Å². The number of carbonyl (C=O) groups is 2. The van der Waals surface area contributed by atoms with Crippen molar-refractivity contribution in [2.45, 2.75) is 65.3 Å². The Kier molecular flexibility index (Phi) is 5.25. The first-order valence-corrected chi connectivity index (χ1v) is 7.25. The molecule has 1 fully saturated rings.